The summed E-state index contributed by atoms with van der Waals surface area (Å²) in [5.74, 6) is 5.66. The number of hydrogen-bond donors (Lipinski definition) is 1. The van der Waals surface area contributed by atoms with E-state index in [0.717, 1.165) is 61.8 Å². The highest BCUT2D eigenvalue weighted by Crippen LogP contribution is 2.36. The molecule has 0 amide bonds. The average Bonchev–Trinajstić information content (AvgIpc) is 3.60. The Hall–Kier alpha value is -2.91. The summed E-state index contributed by atoms with van der Waals surface area (Å²) in [6.07, 6.45) is 8.23. The quantitative estimate of drug-likeness (QED) is 0.272. The molecule has 1 fully saturated rings. The number of nitrogens with zero attached hydrogens (tertiary/aromatic N) is 5. The van der Waals surface area contributed by atoms with Gasteiger partial charge in [-0.2, -0.15) is 16.9 Å². The molecule has 5 aromatic rings. The molecule has 7 nitrogen and oxygen atoms in total. The van der Waals surface area contributed by atoms with Crippen molar-refractivity contribution in [1.29, 1.82) is 0 Å². The van der Waals surface area contributed by atoms with E-state index in [2.05, 4.69) is 53.9 Å². The minimum atomic E-state index is 0.680. The van der Waals surface area contributed by atoms with Crippen LogP contribution in [0.3, 0.4) is 0 Å². The summed E-state index contributed by atoms with van der Waals surface area (Å²) >= 11 is 5.75. The van der Waals surface area contributed by atoms with Crippen LogP contribution in [0.2, 0.25) is 0 Å². The molecule has 2 aromatic carbocycles. The van der Waals surface area contributed by atoms with Crippen LogP contribution >= 0.6 is 27.7 Å². The number of nitrogens with one attached hydrogen (secondary N) is 1. The van der Waals surface area contributed by atoms with Crippen molar-refractivity contribution in [2.24, 2.45) is 5.92 Å². The Bertz CT molecular complexity index is 1490. The summed E-state index contributed by atoms with van der Waals surface area (Å²) in [5, 5.41) is 4.55. The number of aromatic nitrogens is 6. The molecular formula is C25H23BrN6OS. The lowest BCUT2D eigenvalue weighted by Crippen LogP contribution is -2.05. The number of ether oxygens (including phenoxy) is 1. The highest BCUT2D eigenvalue weighted by Gasteiger charge is 2.16. The van der Waals surface area contributed by atoms with Gasteiger partial charge in [-0.3, -0.25) is 9.67 Å². The summed E-state index contributed by atoms with van der Waals surface area (Å²) in [4.78, 5) is 17.2. The Kier molecular flexibility index (Phi) is 5.74. The molecule has 6 rings (SSSR count). The topological polar surface area (TPSA) is 81.5 Å². The zero-order valence-corrected chi connectivity index (χ0v) is 21.1. The predicted octanol–water partition coefficient (Wildman–Crippen LogP) is 6.38. The minimum Gasteiger partial charge on any atom is -0.456 e. The molecule has 0 saturated carbocycles. The molecule has 0 bridgehead atoms. The Morgan fingerprint density at radius 3 is 2.97 bits per heavy atom. The molecule has 1 aliphatic heterocycles. The van der Waals surface area contributed by atoms with Crippen molar-refractivity contribution < 1.29 is 4.74 Å². The number of hydrogen-bond acceptors (Lipinski definition) is 6. The molecule has 0 aliphatic carbocycles. The third kappa shape index (κ3) is 4.30. The lowest BCUT2D eigenvalue weighted by molar-refractivity contribution is 0.466. The standard InChI is InChI=1S/C25H23BrN6OS/c1-15-29-19-3-2-18(10-21(19)30-15)33-23-5-4-20-25(24(23)26)31-22(12-27-20)17-11-28-32(13-17)8-6-16-7-9-34-14-16/h2-5,10-13,16H,6-9,14H2,1H3,(H,29,30). The molecule has 1 aliphatic rings. The van der Waals surface area contributed by atoms with Crippen molar-refractivity contribution in [3.63, 3.8) is 0 Å². The second kappa shape index (κ2) is 9.03. The highest BCUT2D eigenvalue weighted by atomic mass is 79.9. The van der Waals surface area contributed by atoms with Gasteiger partial charge in [0, 0.05) is 24.4 Å². The molecule has 0 spiro atoms. The Labute approximate surface area is 209 Å². The Morgan fingerprint density at radius 1 is 1.18 bits per heavy atom. The number of fused-ring (bicyclic) bond motifs is 2. The smallest absolute Gasteiger partial charge is 0.143 e. The second-order valence-electron chi connectivity index (χ2n) is 8.61. The van der Waals surface area contributed by atoms with Crippen molar-refractivity contribution in [3.8, 4) is 22.8 Å². The van der Waals surface area contributed by atoms with Gasteiger partial charge in [-0.25, -0.2) is 9.97 Å². The fraction of sp³-hybridized carbons (Fsp3) is 0.280. The van der Waals surface area contributed by atoms with Crippen LogP contribution in [0.15, 0.2) is 53.4 Å². The maximum absolute atomic E-state index is 6.18. The summed E-state index contributed by atoms with van der Waals surface area (Å²) in [7, 11) is 0. The van der Waals surface area contributed by atoms with Gasteiger partial charge >= 0.3 is 0 Å². The lowest BCUT2D eigenvalue weighted by Gasteiger charge is -2.10. The van der Waals surface area contributed by atoms with E-state index in [4.69, 9.17) is 9.72 Å². The van der Waals surface area contributed by atoms with E-state index < -0.39 is 0 Å². The van der Waals surface area contributed by atoms with Crippen LogP contribution in [0.25, 0.3) is 33.3 Å². The van der Waals surface area contributed by atoms with Crippen molar-refractivity contribution in [2.75, 3.05) is 11.5 Å². The van der Waals surface area contributed by atoms with Crippen molar-refractivity contribution >= 4 is 49.8 Å². The van der Waals surface area contributed by atoms with Crippen molar-refractivity contribution in [3.05, 3.63) is 59.2 Å². The number of H-pyrrole nitrogens is 1. The minimum absolute atomic E-state index is 0.680. The van der Waals surface area contributed by atoms with Crippen LogP contribution < -0.4 is 4.74 Å². The molecule has 1 saturated heterocycles. The largest absolute Gasteiger partial charge is 0.456 e. The summed E-state index contributed by atoms with van der Waals surface area (Å²) in [6, 6.07) is 9.65. The number of imidazole rings is 1. The summed E-state index contributed by atoms with van der Waals surface area (Å²) in [5.41, 5.74) is 5.17. The first-order valence-electron chi connectivity index (χ1n) is 11.3. The Balaban J connectivity index is 1.26. The maximum atomic E-state index is 6.18. The molecule has 34 heavy (non-hydrogen) atoms. The fourth-order valence-electron chi connectivity index (χ4n) is 4.30. The summed E-state index contributed by atoms with van der Waals surface area (Å²) in [6.45, 7) is 2.88. The molecule has 9 heteroatoms. The van der Waals surface area contributed by atoms with Crippen LogP contribution in [0, 0.1) is 12.8 Å². The highest BCUT2D eigenvalue weighted by molar-refractivity contribution is 9.10. The third-order valence-electron chi connectivity index (χ3n) is 6.14. The molecule has 3 aromatic heterocycles. The number of rotatable bonds is 6. The number of aryl methyl sites for hydroxylation is 2. The average molecular weight is 535 g/mol. The van der Waals surface area contributed by atoms with Gasteiger partial charge in [-0.15, -0.1) is 0 Å². The van der Waals surface area contributed by atoms with Crippen molar-refractivity contribution in [1.82, 2.24) is 29.7 Å². The van der Waals surface area contributed by atoms with Gasteiger partial charge in [-0.1, -0.05) is 0 Å². The van der Waals surface area contributed by atoms with Crippen LogP contribution in [-0.2, 0) is 6.54 Å². The summed E-state index contributed by atoms with van der Waals surface area (Å²) < 4.78 is 8.97. The zero-order chi connectivity index (χ0) is 23.1. The van der Waals surface area contributed by atoms with Gasteiger partial charge in [0.15, 0.2) is 0 Å². The van der Waals surface area contributed by atoms with E-state index in [1.807, 2.05) is 48.1 Å². The van der Waals surface area contributed by atoms with E-state index in [-0.39, 0.29) is 0 Å². The van der Waals surface area contributed by atoms with E-state index in [0.29, 0.717) is 5.75 Å². The van der Waals surface area contributed by atoms with Crippen molar-refractivity contribution in [2.45, 2.75) is 26.3 Å². The van der Waals surface area contributed by atoms with Gasteiger partial charge in [0.1, 0.15) is 22.8 Å². The van der Waals surface area contributed by atoms with Gasteiger partial charge in [0.2, 0.25) is 0 Å². The van der Waals surface area contributed by atoms with Crippen LogP contribution in [0.5, 0.6) is 11.5 Å². The van der Waals surface area contributed by atoms with Gasteiger partial charge in [0.25, 0.3) is 0 Å². The first-order chi connectivity index (χ1) is 16.6. The van der Waals surface area contributed by atoms with Crippen LogP contribution in [0.4, 0.5) is 0 Å². The number of aromatic amines is 1. The first-order valence-corrected chi connectivity index (χ1v) is 13.3. The van der Waals surface area contributed by atoms with E-state index in [1.165, 1.54) is 24.3 Å². The Morgan fingerprint density at radius 2 is 2.09 bits per heavy atom. The normalized spacial score (nSPS) is 16.0. The molecular weight excluding hydrogens is 512 g/mol. The second-order valence-corrected chi connectivity index (χ2v) is 10.6. The molecule has 0 radical (unpaired) electrons. The molecule has 1 unspecified atom stereocenters. The third-order valence-corrected chi connectivity index (χ3v) is 8.13. The number of benzene rings is 2. The number of thioether (sulfide) groups is 1. The SMILES string of the molecule is Cc1nc2ccc(Oc3ccc4ncc(-c5cnn(CCC6CCSC6)c5)nc4c3Br)cc2[nH]1. The van der Waals surface area contributed by atoms with E-state index in [9.17, 15) is 0 Å². The van der Waals surface area contributed by atoms with Gasteiger partial charge in [0.05, 0.1) is 39.1 Å². The monoisotopic (exact) mass is 534 g/mol. The first kappa shape index (κ1) is 21.6. The lowest BCUT2D eigenvalue weighted by atomic mass is 10.1. The zero-order valence-electron chi connectivity index (χ0n) is 18.7. The van der Waals surface area contributed by atoms with Gasteiger partial charge in [-0.05, 0) is 77.4 Å². The number of halogens is 1. The molecule has 4 heterocycles. The molecule has 172 valence electrons. The van der Waals surface area contributed by atoms with E-state index >= 15 is 0 Å². The van der Waals surface area contributed by atoms with E-state index in [1.54, 1.807) is 6.20 Å². The predicted molar refractivity (Wildman–Crippen MR) is 139 cm³/mol. The fourth-order valence-corrected chi connectivity index (χ4v) is 6.13. The van der Waals surface area contributed by atoms with Crippen LogP contribution in [-0.4, -0.2) is 41.2 Å². The molecule has 1 atom stereocenters. The van der Waals surface area contributed by atoms with Gasteiger partial charge < -0.3 is 9.72 Å². The maximum Gasteiger partial charge on any atom is 0.143 e. The van der Waals surface area contributed by atoms with Crippen LogP contribution in [0.1, 0.15) is 18.7 Å². The molecule has 1 N–H and O–H groups in total.